The van der Waals surface area contributed by atoms with Gasteiger partial charge in [0, 0.05) is 35.6 Å². The number of hydrogen-bond donors (Lipinski definition) is 1. The first-order chi connectivity index (χ1) is 13.7. The van der Waals surface area contributed by atoms with Crippen molar-refractivity contribution in [1.82, 2.24) is 19.9 Å². The van der Waals surface area contributed by atoms with Crippen LogP contribution in [0.15, 0.2) is 53.6 Å². The highest BCUT2D eigenvalue weighted by atomic mass is 16.2. The van der Waals surface area contributed by atoms with Crippen molar-refractivity contribution in [2.45, 2.75) is 32.7 Å². The van der Waals surface area contributed by atoms with Crippen molar-refractivity contribution >= 4 is 5.91 Å². The van der Waals surface area contributed by atoms with Crippen molar-refractivity contribution < 1.29 is 4.79 Å². The SMILES string of the molecule is CCCc1ccc(C(=O)N2CCc3c(nc(-c4ccncc4)[nH]c3=O)C2)cc1. The van der Waals surface area contributed by atoms with Gasteiger partial charge in [0.2, 0.25) is 0 Å². The van der Waals surface area contributed by atoms with Crippen LogP contribution < -0.4 is 5.56 Å². The standard InChI is InChI=1S/C22H22N4O2/c1-2-3-15-4-6-17(7-5-15)22(28)26-13-10-18-19(14-26)24-20(25-21(18)27)16-8-11-23-12-9-16/h4-9,11-12H,2-3,10,13-14H2,1H3,(H,24,25,27). The summed E-state index contributed by atoms with van der Waals surface area (Å²) in [4.78, 5) is 38.6. The van der Waals surface area contributed by atoms with E-state index in [1.165, 1.54) is 5.56 Å². The number of aromatic nitrogens is 3. The Morgan fingerprint density at radius 3 is 2.61 bits per heavy atom. The number of nitrogens with one attached hydrogen (secondary N) is 1. The minimum absolute atomic E-state index is 0.0266. The Balaban J connectivity index is 1.59. The fourth-order valence-corrected chi connectivity index (χ4v) is 3.54. The van der Waals surface area contributed by atoms with E-state index in [4.69, 9.17) is 0 Å². The van der Waals surface area contributed by atoms with Gasteiger partial charge >= 0.3 is 0 Å². The van der Waals surface area contributed by atoms with Gasteiger partial charge < -0.3 is 9.88 Å². The number of H-pyrrole nitrogens is 1. The molecule has 1 amide bonds. The minimum Gasteiger partial charge on any atom is -0.332 e. The number of carbonyl (C=O) groups excluding carboxylic acids is 1. The molecule has 1 aromatic carbocycles. The topological polar surface area (TPSA) is 79.0 Å². The summed E-state index contributed by atoms with van der Waals surface area (Å²) < 4.78 is 0. The molecule has 6 heteroatoms. The fraction of sp³-hybridized carbons (Fsp3) is 0.273. The third-order valence-electron chi connectivity index (χ3n) is 5.05. The molecule has 0 radical (unpaired) electrons. The lowest BCUT2D eigenvalue weighted by atomic mass is 10.0. The highest BCUT2D eigenvalue weighted by molar-refractivity contribution is 5.94. The zero-order valence-corrected chi connectivity index (χ0v) is 15.8. The predicted octanol–water partition coefficient (Wildman–Crippen LogP) is 2.98. The molecule has 4 rings (SSSR count). The third kappa shape index (κ3) is 3.58. The van der Waals surface area contributed by atoms with E-state index in [9.17, 15) is 9.59 Å². The fourth-order valence-electron chi connectivity index (χ4n) is 3.54. The minimum atomic E-state index is -0.132. The van der Waals surface area contributed by atoms with Crippen molar-refractivity contribution in [2.75, 3.05) is 6.54 Å². The molecule has 1 aliphatic rings. The number of benzene rings is 1. The number of fused-ring (bicyclic) bond motifs is 1. The Morgan fingerprint density at radius 2 is 1.89 bits per heavy atom. The number of amides is 1. The molecule has 0 aliphatic carbocycles. The van der Waals surface area contributed by atoms with E-state index in [0.717, 1.165) is 18.4 Å². The van der Waals surface area contributed by atoms with E-state index in [-0.39, 0.29) is 11.5 Å². The molecule has 28 heavy (non-hydrogen) atoms. The van der Waals surface area contributed by atoms with Crippen molar-refractivity contribution in [2.24, 2.45) is 0 Å². The molecular formula is C22H22N4O2. The summed E-state index contributed by atoms with van der Waals surface area (Å²) in [5.41, 5.74) is 3.90. The first-order valence-corrected chi connectivity index (χ1v) is 9.56. The highest BCUT2D eigenvalue weighted by Gasteiger charge is 2.25. The van der Waals surface area contributed by atoms with E-state index in [1.54, 1.807) is 29.4 Å². The lowest BCUT2D eigenvalue weighted by Gasteiger charge is -2.28. The number of aromatic amines is 1. The zero-order valence-electron chi connectivity index (χ0n) is 15.8. The lowest BCUT2D eigenvalue weighted by Crippen LogP contribution is -2.39. The maximum atomic E-state index is 12.9. The molecule has 1 N–H and O–H groups in total. The van der Waals surface area contributed by atoms with Crippen LogP contribution in [0.1, 0.15) is 40.5 Å². The van der Waals surface area contributed by atoms with Crippen LogP contribution in [0.5, 0.6) is 0 Å². The lowest BCUT2D eigenvalue weighted by molar-refractivity contribution is 0.0731. The monoisotopic (exact) mass is 374 g/mol. The second-order valence-corrected chi connectivity index (χ2v) is 7.00. The summed E-state index contributed by atoms with van der Waals surface area (Å²) in [6.45, 7) is 2.99. The molecule has 3 aromatic rings. The van der Waals surface area contributed by atoms with Gasteiger partial charge in [0.25, 0.3) is 11.5 Å². The molecule has 0 saturated carbocycles. The van der Waals surface area contributed by atoms with Crippen LogP contribution in [0.3, 0.4) is 0 Å². The molecule has 0 saturated heterocycles. The molecular weight excluding hydrogens is 352 g/mol. The maximum absolute atomic E-state index is 12.9. The molecule has 0 bridgehead atoms. The normalized spacial score (nSPS) is 13.2. The number of hydrogen-bond acceptors (Lipinski definition) is 4. The van der Waals surface area contributed by atoms with Gasteiger partial charge in [0.05, 0.1) is 12.2 Å². The second-order valence-electron chi connectivity index (χ2n) is 7.00. The Morgan fingerprint density at radius 1 is 1.14 bits per heavy atom. The van der Waals surface area contributed by atoms with E-state index >= 15 is 0 Å². The van der Waals surface area contributed by atoms with Crippen LogP contribution in [-0.2, 0) is 19.4 Å². The van der Waals surface area contributed by atoms with Crippen molar-refractivity contribution in [1.29, 1.82) is 0 Å². The molecule has 2 aromatic heterocycles. The van der Waals surface area contributed by atoms with E-state index < -0.39 is 0 Å². The van der Waals surface area contributed by atoms with Crippen LogP contribution in [0.2, 0.25) is 0 Å². The largest absolute Gasteiger partial charge is 0.332 e. The van der Waals surface area contributed by atoms with Crippen LogP contribution in [0.25, 0.3) is 11.4 Å². The number of aryl methyl sites for hydroxylation is 1. The highest BCUT2D eigenvalue weighted by Crippen LogP contribution is 2.20. The third-order valence-corrected chi connectivity index (χ3v) is 5.05. The predicted molar refractivity (Wildman–Crippen MR) is 107 cm³/mol. The van der Waals surface area contributed by atoms with Gasteiger partial charge in [-0.05, 0) is 42.7 Å². The summed E-state index contributed by atoms with van der Waals surface area (Å²) in [5, 5.41) is 0. The van der Waals surface area contributed by atoms with Crippen molar-refractivity contribution in [3.8, 4) is 11.4 Å². The molecule has 0 atom stereocenters. The summed E-state index contributed by atoms with van der Waals surface area (Å²) in [6, 6.07) is 11.4. The molecule has 0 spiro atoms. The van der Waals surface area contributed by atoms with Gasteiger partial charge in [-0.15, -0.1) is 0 Å². The number of nitrogens with zero attached hydrogens (tertiary/aromatic N) is 3. The van der Waals surface area contributed by atoms with E-state index in [2.05, 4.69) is 21.9 Å². The van der Waals surface area contributed by atoms with E-state index in [0.29, 0.717) is 42.2 Å². The second kappa shape index (κ2) is 7.76. The van der Waals surface area contributed by atoms with Crippen molar-refractivity contribution in [3.05, 3.63) is 81.5 Å². The summed E-state index contributed by atoms with van der Waals surface area (Å²) in [7, 11) is 0. The smallest absolute Gasteiger partial charge is 0.254 e. The average molecular weight is 374 g/mol. The van der Waals surface area contributed by atoms with Gasteiger partial charge in [0.1, 0.15) is 5.82 Å². The quantitative estimate of drug-likeness (QED) is 0.761. The Labute approximate surface area is 163 Å². The molecule has 3 heterocycles. The molecule has 0 unspecified atom stereocenters. The van der Waals surface area contributed by atoms with Gasteiger partial charge in [-0.2, -0.15) is 0 Å². The molecule has 142 valence electrons. The van der Waals surface area contributed by atoms with E-state index in [1.807, 2.05) is 24.3 Å². The zero-order chi connectivity index (χ0) is 19.5. The van der Waals surface area contributed by atoms with Crippen molar-refractivity contribution in [3.63, 3.8) is 0 Å². The first kappa shape index (κ1) is 18.1. The van der Waals surface area contributed by atoms with Crippen LogP contribution in [0, 0.1) is 0 Å². The van der Waals surface area contributed by atoms with Crippen LogP contribution >= 0.6 is 0 Å². The Hall–Kier alpha value is -3.28. The number of pyridine rings is 1. The maximum Gasteiger partial charge on any atom is 0.254 e. The first-order valence-electron chi connectivity index (χ1n) is 9.56. The average Bonchev–Trinajstić information content (AvgIpc) is 2.74. The van der Waals surface area contributed by atoms with Crippen LogP contribution in [-0.4, -0.2) is 32.3 Å². The van der Waals surface area contributed by atoms with Gasteiger partial charge in [-0.25, -0.2) is 4.98 Å². The number of carbonyl (C=O) groups is 1. The molecule has 0 fully saturated rings. The van der Waals surface area contributed by atoms with Gasteiger partial charge in [0.15, 0.2) is 0 Å². The van der Waals surface area contributed by atoms with Crippen LogP contribution in [0.4, 0.5) is 0 Å². The summed E-state index contributed by atoms with van der Waals surface area (Å²) >= 11 is 0. The Kier molecular flexibility index (Phi) is 5.02. The van der Waals surface area contributed by atoms with Gasteiger partial charge in [-0.1, -0.05) is 25.5 Å². The summed E-state index contributed by atoms with van der Waals surface area (Å²) in [6.07, 6.45) is 5.92. The Bertz CT molecular complexity index is 1040. The number of rotatable bonds is 4. The molecule has 1 aliphatic heterocycles. The van der Waals surface area contributed by atoms with Gasteiger partial charge in [-0.3, -0.25) is 14.6 Å². The molecule has 6 nitrogen and oxygen atoms in total. The summed E-state index contributed by atoms with van der Waals surface area (Å²) in [5.74, 6) is 0.477.